The van der Waals surface area contributed by atoms with Crippen molar-refractivity contribution in [3.05, 3.63) is 6.26 Å². The first-order valence-electron chi connectivity index (χ1n) is 7.51. The van der Waals surface area contributed by atoms with Crippen molar-refractivity contribution in [3.8, 4) is 0 Å². The molecule has 0 unspecified atom stereocenters. The molecule has 4 heteroatoms. The van der Waals surface area contributed by atoms with E-state index in [0.29, 0.717) is 16.6 Å². The van der Waals surface area contributed by atoms with Gasteiger partial charge in [0.2, 0.25) is 0 Å². The molecule has 0 saturated heterocycles. The first-order valence-corrected chi connectivity index (χ1v) is 19.7. The zero-order chi connectivity index (χ0) is 15.0. The van der Waals surface area contributed by atoms with Crippen molar-refractivity contribution in [2.45, 2.75) is 73.0 Å². The van der Waals surface area contributed by atoms with Gasteiger partial charge >= 0.3 is 124 Å². The average Bonchev–Trinajstić information content (AvgIpc) is 2.65. The molecule has 2 nitrogen and oxygen atoms in total. The van der Waals surface area contributed by atoms with Crippen molar-refractivity contribution in [1.29, 1.82) is 0 Å². The number of hydrogen-bond acceptors (Lipinski definition) is 2. The van der Waals surface area contributed by atoms with E-state index in [1.165, 1.54) is 3.71 Å². The SMILES string of the molecule is CC(C)[Si](c1n[c]([Sn]([CH3])([CH3])[CH3])co1)(C(C)C)C(C)C. The molecule has 1 heterocycles. The Bertz CT molecular complexity index is 396. The quantitative estimate of drug-likeness (QED) is 0.710. The molecule has 0 amide bonds. The maximum atomic E-state index is 6.04. The summed E-state index contributed by atoms with van der Waals surface area (Å²) in [7, 11) is -1.71. The van der Waals surface area contributed by atoms with Gasteiger partial charge in [-0.15, -0.1) is 0 Å². The summed E-state index contributed by atoms with van der Waals surface area (Å²) < 4.78 is 7.34. The number of rotatable bonds is 5. The van der Waals surface area contributed by atoms with Gasteiger partial charge in [0.15, 0.2) is 0 Å². The van der Waals surface area contributed by atoms with Gasteiger partial charge in [-0.2, -0.15) is 0 Å². The summed E-state index contributed by atoms with van der Waals surface area (Å²) in [6, 6.07) is 0. The molecule has 0 aliphatic heterocycles. The van der Waals surface area contributed by atoms with Crippen molar-refractivity contribution in [1.82, 2.24) is 4.98 Å². The summed E-state index contributed by atoms with van der Waals surface area (Å²) >= 11 is -2.12. The first kappa shape index (κ1) is 17.3. The maximum absolute atomic E-state index is 6.04. The molecule has 110 valence electrons. The van der Waals surface area contributed by atoms with Crippen LogP contribution in [0, 0.1) is 0 Å². The van der Waals surface area contributed by atoms with Crippen molar-refractivity contribution in [2.24, 2.45) is 0 Å². The van der Waals surface area contributed by atoms with Crippen LogP contribution in [0.5, 0.6) is 0 Å². The molecule has 0 bridgehead atoms. The first-order chi connectivity index (χ1) is 8.54. The molecular weight excluding hydrogens is 357 g/mol. The molecule has 0 N–H and O–H groups in total. The van der Waals surface area contributed by atoms with E-state index in [2.05, 4.69) is 56.4 Å². The van der Waals surface area contributed by atoms with Crippen LogP contribution >= 0.6 is 0 Å². The predicted octanol–water partition coefficient (Wildman–Crippen LogP) is 4.11. The summed E-state index contributed by atoms with van der Waals surface area (Å²) in [4.78, 5) is 12.2. The van der Waals surface area contributed by atoms with Crippen LogP contribution in [0.1, 0.15) is 41.5 Å². The fourth-order valence-corrected chi connectivity index (χ4v) is 12.4. The molecule has 0 aromatic carbocycles. The van der Waals surface area contributed by atoms with Gasteiger partial charge in [0.05, 0.1) is 0 Å². The van der Waals surface area contributed by atoms with Crippen LogP contribution in [0.25, 0.3) is 0 Å². The normalized spacial score (nSPS) is 13.9. The second kappa shape index (κ2) is 5.92. The number of nitrogens with zero attached hydrogens (tertiary/aromatic N) is 1. The van der Waals surface area contributed by atoms with Gasteiger partial charge in [-0.25, -0.2) is 0 Å². The van der Waals surface area contributed by atoms with E-state index in [1.807, 2.05) is 6.26 Å². The molecular formula is C15H31NOSiSn. The van der Waals surface area contributed by atoms with E-state index in [0.717, 1.165) is 5.51 Å². The molecule has 0 spiro atoms. The third-order valence-electron chi connectivity index (χ3n) is 4.51. The van der Waals surface area contributed by atoms with Gasteiger partial charge in [-0.05, 0) is 0 Å². The van der Waals surface area contributed by atoms with Gasteiger partial charge in [-0.1, -0.05) is 0 Å². The summed E-state index contributed by atoms with van der Waals surface area (Å²) in [6.07, 6.45) is 1.97. The monoisotopic (exact) mass is 389 g/mol. The standard InChI is InChI=1S/C12H22NOSi.3CH3.Sn/c1-9(2)15(10(3)4,11(5)6)12-13-7-8-14-12;;;;/h8-11H,1-6H3;3*1H3;. The Morgan fingerprint density at radius 2 is 1.37 bits per heavy atom. The van der Waals surface area contributed by atoms with Gasteiger partial charge in [0, 0.05) is 0 Å². The fraction of sp³-hybridized carbons (Fsp3) is 0.800. The van der Waals surface area contributed by atoms with Crippen LogP contribution in [-0.2, 0) is 0 Å². The topological polar surface area (TPSA) is 26.0 Å². The summed E-state index contributed by atoms with van der Waals surface area (Å²) in [5, 5.41) is 0. The molecule has 0 fully saturated rings. The zero-order valence-corrected chi connectivity index (χ0v) is 18.0. The number of oxazole rings is 1. The van der Waals surface area contributed by atoms with Gasteiger partial charge in [-0.3, -0.25) is 0 Å². The van der Waals surface area contributed by atoms with E-state index in [4.69, 9.17) is 9.40 Å². The van der Waals surface area contributed by atoms with Gasteiger partial charge < -0.3 is 0 Å². The molecule has 0 radical (unpaired) electrons. The average molecular weight is 388 g/mol. The van der Waals surface area contributed by atoms with Crippen LogP contribution in [0.3, 0.4) is 0 Å². The predicted molar refractivity (Wildman–Crippen MR) is 90.2 cm³/mol. The van der Waals surface area contributed by atoms with E-state index in [-0.39, 0.29) is 0 Å². The van der Waals surface area contributed by atoms with Crippen LogP contribution in [0.2, 0.25) is 31.4 Å². The molecule has 0 atom stereocenters. The number of aromatic nitrogens is 1. The summed E-state index contributed by atoms with van der Waals surface area (Å²) in [5.74, 6) is 0. The minimum absolute atomic E-state index is 0.661. The summed E-state index contributed by atoms with van der Waals surface area (Å²) in [5.41, 5.74) is 3.09. The molecule has 0 aliphatic rings. The number of hydrogen-bond donors (Lipinski definition) is 0. The molecule has 19 heavy (non-hydrogen) atoms. The Labute approximate surface area is 124 Å². The molecule has 0 saturated carbocycles. The van der Waals surface area contributed by atoms with Crippen molar-refractivity contribution >= 4 is 35.7 Å². The Morgan fingerprint density at radius 1 is 0.947 bits per heavy atom. The Kier molecular flexibility index (Phi) is 5.38. The molecule has 0 aliphatic carbocycles. The van der Waals surface area contributed by atoms with Crippen LogP contribution in [0.15, 0.2) is 10.7 Å². The third kappa shape index (κ3) is 3.12. The molecule has 1 aromatic heterocycles. The summed E-state index contributed by atoms with van der Waals surface area (Å²) in [6.45, 7) is 14.1. The molecule has 1 rings (SSSR count). The van der Waals surface area contributed by atoms with Gasteiger partial charge in [0.25, 0.3) is 0 Å². The second-order valence-corrected chi connectivity index (χ2v) is 27.7. The van der Waals surface area contributed by atoms with Crippen LogP contribution in [0.4, 0.5) is 0 Å². The van der Waals surface area contributed by atoms with E-state index in [9.17, 15) is 0 Å². The van der Waals surface area contributed by atoms with E-state index < -0.39 is 26.5 Å². The van der Waals surface area contributed by atoms with E-state index in [1.54, 1.807) is 0 Å². The second-order valence-electron chi connectivity index (χ2n) is 7.69. The van der Waals surface area contributed by atoms with Crippen LogP contribution in [-0.4, -0.2) is 31.4 Å². The Balaban J connectivity index is 3.38. The minimum atomic E-state index is -2.12. The van der Waals surface area contributed by atoms with Crippen molar-refractivity contribution in [2.75, 3.05) is 0 Å². The Morgan fingerprint density at radius 3 is 1.63 bits per heavy atom. The molecule has 1 aromatic rings. The van der Waals surface area contributed by atoms with Crippen LogP contribution < -0.4 is 9.22 Å². The zero-order valence-electron chi connectivity index (χ0n) is 14.2. The van der Waals surface area contributed by atoms with Crippen molar-refractivity contribution in [3.63, 3.8) is 0 Å². The van der Waals surface area contributed by atoms with Gasteiger partial charge in [0.1, 0.15) is 0 Å². The fourth-order valence-electron chi connectivity index (χ4n) is 3.56. The van der Waals surface area contributed by atoms with E-state index >= 15 is 0 Å². The Hall–Kier alpha value is 0.226. The third-order valence-corrected chi connectivity index (χ3v) is 16.3. The van der Waals surface area contributed by atoms with Crippen molar-refractivity contribution < 1.29 is 4.42 Å².